The molecule has 12 nitrogen and oxygen atoms in total. The van der Waals surface area contributed by atoms with E-state index in [0.29, 0.717) is 5.56 Å². The molecule has 6 N–H and O–H groups in total. The molecule has 4 rings (SSSR count). The number of methoxy groups -OCH3 is 1. The van der Waals surface area contributed by atoms with Gasteiger partial charge in [-0.25, -0.2) is 0 Å². The Morgan fingerprint density at radius 3 is 2.41 bits per heavy atom. The number of aliphatic hydroxyl groups excluding tert-OH is 5. The smallest absolute Gasteiger partial charge is 0.311 e. The molecule has 180 valence electrons. The highest BCUT2D eigenvalue weighted by molar-refractivity contribution is 5.16. The van der Waals surface area contributed by atoms with Crippen molar-refractivity contribution < 1.29 is 59.1 Å². The summed E-state index contributed by atoms with van der Waals surface area (Å²) in [7, 11) is 1.30. The van der Waals surface area contributed by atoms with Crippen molar-refractivity contribution in [1.82, 2.24) is 0 Å². The standard InChI is InChI=1S/C20H28O12/c1-27-19-14(24)16(32-20(26)17(25)13(23)12(22)10(7-21)31-20)15-11(29-19)8-28-18(30-15)9-5-3-2-4-6-9/h2-6,10-19,21-26H,7-8H2,1H3/t10-,11+,12-,13+,14+,15+,16+,17-,18?,19-,20+/m0/s1. The van der Waals surface area contributed by atoms with Crippen LogP contribution in [0.4, 0.5) is 0 Å². The summed E-state index contributed by atoms with van der Waals surface area (Å²) in [5, 5.41) is 61.5. The van der Waals surface area contributed by atoms with Gasteiger partial charge in [0.05, 0.1) is 13.2 Å². The lowest BCUT2D eigenvalue weighted by atomic mass is 9.95. The van der Waals surface area contributed by atoms with Crippen molar-refractivity contribution >= 4 is 0 Å². The molecular formula is C20H28O12. The van der Waals surface area contributed by atoms with Crippen LogP contribution in [0.15, 0.2) is 30.3 Å². The largest absolute Gasteiger partial charge is 0.394 e. The van der Waals surface area contributed by atoms with Crippen LogP contribution in [0.3, 0.4) is 0 Å². The van der Waals surface area contributed by atoms with E-state index in [9.17, 15) is 30.6 Å². The summed E-state index contributed by atoms with van der Waals surface area (Å²) < 4.78 is 33.3. The first kappa shape index (κ1) is 23.9. The SMILES string of the molecule is CO[C@H]1O[C@@H]2COC(c3ccccc3)O[C@H]2[C@H](O[C@]2(O)O[C@@H](CO)[C@H](O)[C@@H](O)[C@@H]2O)[C@H]1O. The quantitative estimate of drug-likeness (QED) is 0.252. The molecular weight excluding hydrogens is 432 g/mol. The number of hydrogen-bond donors (Lipinski definition) is 6. The molecule has 0 radical (unpaired) electrons. The van der Waals surface area contributed by atoms with Crippen LogP contribution in [0.5, 0.6) is 0 Å². The predicted octanol–water partition coefficient (Wildman–Crippen LogP) is -2.66. The van der Waals surface area contributed by atoms with Gasteiger partial charge < -0.3 is 59.1 Å². The lowest BCUT2D eigenvalue weighted by Gasteiger charge is -2.51. The normalized spacial score (nSPS) is 47.1. The number of aliphatic hydroxyl groups is 6. The first-order chi connectivity index (χ1) is 15.3. The topological polar surface area (TPSA) is 177 Å². The third-order valence-electron chi connectivity index (χ3n) is 5.84. The van der Waals surface area contributed by atoms with Crippen molar-refractivity contribution in [2.75, 3.05) is 20.3 Å². The van der Waals surface area contributed by atoms with Crippen LogP contribution in [-0.2, 0) is 28.4 Å². The summed E-state index contributed by atoms with van der Waals surface area (Å²) in [6, 6.07) is 8.98. The van der Waals surface area contributed by atoms with E-state index in [-0.39, 0.29) is 6.61 Å². The average molecular weight is 460 g/mol. The van der Waals surface area contributed by atoms with E-state index < -0.39 is 74.0 Å². The van der Waals surface area contributed by atoms with Gasteiger partial charge in [0.1, 0.15) is 42.7 Å². The van der Waals surface area contributed by atoms with Crippen LogP contribution in [0.2, 0.25) is 0 Å². The highest BCUT2D eigenvalue weighted by Crippen LogP contribution is 2.39. The van der Waals surface area contributed by atoms with E-state index in [0.717, 1.165) is 0 Å². The molecule has 0 saturated carbocycles. The average Bonchev–Trinajstić information content (AvgIpc) is 2.82. The Labute approximate surface area is 183 Å². The van der Waals surface area contributed by atoms with Crippen LogP contribution >= 0.6 is 0 Å². The number of ether oxygens (including phenoxy) is 6. The van der Waals surface area contributed by atoms with Gasteiger partial charge in [-0.2, -0.15) is 0 Å². The first-order valence-electron chi connectivity index (χ1n) is 10.2. The van der Waals surface area contributed by atoms with E-state index in [2.05, 4.69) is 0 Å². The van der Waals surface area contributed by atoms with Crippen LogP contribution in [0, 0.1) is 0 Å². The summed E-state index contributed by atoms with van der Waals surface area (Å²) >= 11 is 0. The lowest BCUT2D eigenvalue weighted by Crippen LogP contribution is -2.70. The number of rotatable bonds is 5. The zero-order valence-corrected chi connectivity index (χ0v) is 17.2. The van der Waals surface area contributed by atoms with Gasteiger partial charge in [0, 0.05) is 12.7 Å². The van der Waals surface area contributed by atoms with Crippen molar-refractivity contribution in [1.29, 1.82) is 0 Å². The fourth-order valence-electron chi connectivity index (χ4n) is 4.09. The van der Waals surface area contributed by atoms with Crippen molar-refractivity contribution in [2.24, 2.45) is 0 Å². The molecule has 0 amide bonds. The molecule has 3 saturated heterocycles. The monoisotopic (exact) mass is 460 g/mol. The Balaban J connectivity index is 1.60. The van der Waals surface area contributed by atoms with Crippen LogP contribution < -0.4 is 0 Å². The Hall–Kier alpha value is -1.26. The van der Waals surface area contributed by atoms with Crippen molar-refractivity contribution in [3.8, 4) is 0 Å². The summed E-state index contributed by atoms with van der Waals surface area (Å²) in [6.45, 7) is -0.737. The van der Waals surface area contributed by atoms with Gasteiger partial charge in [-0.3, -0.25) is 0 Å². The molecule has 0 bridgehead atoms. The number of fused-ring (bicyclic) bond motifs is 1. The summed E-state index contributed by atoms with van der Waals surface area (Å²) in [4.78, 5) is 0. The summed E-state index contributed by atoms with van der Waals surface area (Å²) in [5.41, 5.74) is 0.694. The van der Waals surface area contributed by atoms with Crippen molar-refractivity contribution in [3.63, 3.8) is 0 Å². The van der Waals surface area contributed by atoms with E-state index in [1.54, 1.807) is 24.3 Å². The van der Waals surface area contributed by atoms with Gasteiger partial charge in [0.15, 0.2) is 18.7 Å². The molecule has 11 atom stereocenters. The fourth-order valence-corrected chi connectivity index (χ4v) is 4.09. The maximum atomic E-state index is 10.9. The van der Waals surface area contributed by atoms with Gasteiger partial charge >= 0.3 is 5.97 Å². The highest BCUT2D eigenvalue weighted by Gasteiger charge is 2.59. The summed E-state index contributed by atoms with van der Waals surface area (Å²) in [5.74, 6) is -2.89. The second kappa shape index (κ2) is 9.54. The van der Waals surface area contributed by atoms with Gasteiger partial charge in [0.2, 0.25) is 0 Å². The maximum absolute atomic E-state index is 10.9. The molecule has 3 aliphatic rings. The third kappa shape index (κ3) is 4.30. The Morgan fingerprint density at radius 1 is 1.03 bits per heavy atom. The molecule has 0 spiro atoms. The van der Waals surface area contributed by atoms with Crippen LogP contribution in [0.1, 0.15) is 11.9 Å². The molecule has 12 heteroatoms. The molecule has 1 unspecified atom stereocenters. The molecule has 1 aromatic carbocycles. The van der Waals surface area contributed by atoms with E-state index in [4.69, 9.17) is 28.4 Å². The summed E-state index contributed by atoms with van der Waals surface area (Å²) in [6.07, 6.45) is -13.9. The molecule has 0 aromatic heterocycles. The van der Waals surface area contributed by atoms with Crippen molar-refractivity contribution in [2.45, 2.75) is 67.4 Å². The zero-order chi connectivity index (χ0) is 23.0. The molecule has 3 fully saturated rings. The van der Waals surface area contributed by atoms with E-state index >= 15 is 0 Å². The predicted molar refractivity (Wildman–Crippen MR) is 101 cm³/mol. The molecule has 3 aliphatic heterocycles. The molecule has 3 heterocycles. The van der Waals surface area contributed by atoms with Crippen molar-refractivity contribution in [3.05, 3.63) is 35.9 Å². The minimum atomic E-state index is -2.89. The van der Waals surface area contributed by atoms with Gasteiger partial charge in [-0.05, 0) is 0 Å². The Kier molecular flexibility index (Phi) is 7.12. The Bertz CT molecular complexity index is 749. The minimum Gasteiger partial charge on any atom is -0.394 e. The highest BCUT2D eigenvalue weighted by atomic mass is 16.9. The lowest BCUT2D eigenvalue weighted by molar-refractivity contribution is -0.480. The fraction of sp³-hybridized carbons (Fsp3) is 0.700. The van der Waals surface area contributed by atoms with Gasteiger partial charge in [0.25, 0.3) is 0 Å². The Morgan fingerprint density at radius 2 is 1.75 bits per heavy atom. The number of hydrogen-bond acceptors (Lipinski definition) is 12. The van der Waals surface area contributed by atoms with Gasteiger partial charge in [-0.15, -0.1) is 0 Å². The van der Waals surface area contributed by atoms with Crippen LogP contribution in [-0.4, -0.2) is 112 Å². The molecule has 0 aliphatic carbocycles. The third-order valence-corrected chi connectivity index (χ3v) is 5.84. The van der Waals surface area contributed by atoms with E-state index in [1.165, 1.54) is 7.11 Å². The molecule has 1 aromatic rings. The maximum Gasteiger partial charge on any atom is 0.311 e. The second-order valence-electron chi connectivity index (χ2n) is 7.92. The second-order valence-corrected chi connectivity index (χ2v) is 7.92. The number of benzene rings is 1. The zero-order valence-electron chi connectivity index (χ0n) is 17.2. The van der Waals surface area contributed by atoms with Crippen LogP contribution in [0.25, 0.3) is 0 Å². The first-order valence-corrected chi connectivity index (χ1v) is 10.2. The van der Waals surface area contributed by atoms with E-state index in [1.807, 2.05) is 6.07 Å². The minimum absolute atomic E-state index is 0.0408. The molecule has 32 heavy (non-hydrogen) atoms. The van der Waals surface area contributed by atoms with Gasteiger partial charge in [-0.1, -0.05) is 30.3 Å².